The zero-order chi connectivity index (χ0) is 15.1. The molecule has 1 aromatic rings. The number of nitrogens with zero attached hydrogens (tertiary/aromatic N) is 2. The summed E-state index contributed by atoms with van der Waals surface area (Å²) in [6.45, 7) is 10.3. The average molecular weight is 283 g/mol. The molecule has 0 fully saturated rings. The molecule has 0 aromatic carbocycles. The Balaban J connectivity index is 3.00. The third-order valence-corrected chi connectivity index (χ3v) is 3.16. The Morgan fingerprint density at radius 2 is 2.10 bits per heavy atom. The van der Waals surface area contributed by atoms with Gasteiger partial charge in [0.25, 0.3) is 0 Å². The Kier molecular flexibility index (Phi) is 6.88. The molecule has 0 aliphatic heterocycles. The van der Waals surface area contributed by atoms with Crippen molar-refractivity contribution >= 4 is 5.82 Å². The van der Waals surface area contributed by atoms with Gasteiger partial charge in [-0.05, 0) is 19.9 Å². The van der Waals surface area contributed by atoms with E-state index in [4.69, 9.17) is 4.74 Å². The summed E-state index contributed by atoms with van der Waals surface area (Å²) in [4.78, 5) is 6.43. The van der Waals surface area contributed by atoms with Crippen molar-refractivity contribution in [3.63, 3.8) is 0 Å². The summed E-state index contributed by atoms with van der Waals surface area (Å²) in [6, 6.07) is 2.10. The molecule has 0 aliphatic rings. The van der Waals surface area contributed by atoms with E-state index in [1.807, 2.05) is 0 Å². The minimum atomic E-state index is -0.301. The number of ether oxygens (including phenoxy) is 1. The van der Waals surface area contributed by atoms with E-state index < -0.39 is 0 Å². The minimum absolute atomic E-state index is 0.195. The van der Waals surface area contributed by atoms with E-state index in [-0.39, 0.29) is 11.9 Å². The molecule has 0 bridgehead atoms. The lowest BCUT2D eigenvalue weighted by Crippen LogP contribution is -2.38. The van der Waals surface area contributed by atoms with E-state index in [0.29, 0.717) is 19.2 Å². The predicted molar refractivity (Wildman–Crippen MR) is 80.5 cm³/mol. The lowest BCUT2D eigenvalue weighted by molar-refractivity contribution is 0.181. The van der Waals surface area contributed by atoms with E-state index in [9.17, 15) is 4.39 Å². The molecule has 4 nitrogen and oxygen atoms in total. The van der Waals surface area contributed by atoms with Gasteiger partial charge in [-0.15, -0.1) is 0 Å². The Hall–Kier alpha value is -1.20. The van der Waals surface area contributed by atoms with Gasteiger partial charge in [-0.3, -0.25) is 0 Å². The summed E-state index contributed by atoms with van der Waals surface area (Å²) in [7, 11) is 1.68. The normalized spacial score (nSPS) is 12.8. The van der Waals surface area contributed by atoms with Crippen LogP contribution >= 0.6 is 0 Å². The van der Waals surface area contributed by atoms with Gasteiger partial charge in [0.2, 0.25) is 0 Å². The molecule has 1 atom stereocenters. The highest BCUT2D eigenvalue weighted by Crippen LogP contribution is 2.21. The Morgan fingerprint density at radius 3 is 2.65 bits per heavy atom. The highest BCUT2D eigenvalue weighted by Gasteiger charge is 2.18. The molecule has 5 heteroatoms. The van der Waals surface area contributed by atoms with Crippen molar-refractivity contribution in [1.29, 1.82) is 0 Å². The smallest absolute Gasteiger partial charge is 0.141 e. The SMILES string of the molecule is CCN(c1ncc(F)cc1CNC(C)C)C(C)COC. The fraction of sp³-hybridized carbons (Fsp3) is 0.667. The van der Waals surface area contributed by atoms with E-state index in [2.05, 4.69) is 42.9 Å². The van der Waals surface area contributed by atoms with E-state index in [1.54, 1.807) is 13.2 Å². The first-order valence-electron chi connectivity index (χ1n) is 7.12. The van der Waals surface area contributed by atoms with Crippen molar-refractivity contribution in [2.75, 3.05) is 25.2 Å². The summed E-state index contributed by atoms with van der Waals surface area (Å²) >= 11 is 0. The van der Waals surface area contributed by atoms with E-state index in [0.717, 1.165) is 17.9 Å². The van der Waals surface area contributed by atoms with Crippen LogP contribution < -0.4 is 10.2 Å². The minimum Gasteiger partial charge on any atom is -0.383 e. The summed E-state index contributed by atoms with van der Waals surface area (Å²) in [5.74, 6) is 0.524. The molecule has 0 amide bonds. The molecule has 1 aromatic heterocycles. The number of anilines is 1. The first-order chi connectivity index (χ1) is 9.49. The van der Waals surface area contributed by atoms with Crippen LogP contribution in [0.2, 0.25) is 0 Å². The van der Waals surface area contributed by atoms with Gasteiger partial charge in [0.1, 0.15) is 11.6 Å². The van der Waals surface area contributed by atoms with E-state index >= 15 is 0 Å². The second-order valence-corrected chi connectivity index (χ2v) is 5.26. The van der Waals surface area contributed by atoms with Crippen molar-refractivity contribution in [2.45, 2.75) is 46.3 Å². The second kappa shape index (κ2) is 8.17. The number of hydrogen-bond acceptors (Lipinski definition) is 4. The van der Waals surface area contributed by atoms with E-state index in [1.165, 1.54) is 6.20 Å². The lowest BCUT2D eigenvalue weighted by atomic mass is 10.2. The number of methoxy groups -OCH3 is 1. The average Bonchev–Trinajstić information content (AvgIpc) is 2.39. The van der Waals surface area contributed by atoms with Crippen LogP contribution in [-0.4, -0.2) is 37.3 Å². The van der Waals surface area contributed by atoms with Gasteiger partial charge in [0.15, 0.2) is 0 Å². The molecular formula is C15H26FN3O. The van der Waals surface area contributed by atoms with Crippen LogP contribution in [-0.2, 0) is 11.3 Å². The van der Waals surface area contributed by atoms with Crippen LogP contribution in [0, 0.1) is 5.82 Å². The van der Waals surface area contributed by atoms with Crippen LogP contribution in [0.25, 0.3) is 0 Å². The standard InChI is InChI=1S/C15H26FN3O/c1-6-19(12(4)10-20-5)15-13(8-17-11(2)3)7-14(16)9-18-15/h7,9,11-12,17H,6,8,10H2,1-5H3. The highest BCUT2D eigenvalue weighted by molar-refractivity contribution is 5.47. The number of rotatable bonds is 8. The molecule has 1 unspecified atom stereocenters. The van der Waals surface area contributed by atoms with Gasteiger partial charge in [-0.1, -0.05) is 13.8 Å². The van der Waals surface area contributed by atoms with Crippen LogP contribution in [0.15, 0.2) is 12.3 Å². The van der Waals surface area contributed by atoms with Gasteiger partial charge in [0, 0.05) is 31.8 Å². The molecule has 0 saturated heterocycles. The number of pyridine rings is 1. The fourth-order valence-electron chi connectivity index (χ4n) is 2.18. The summed E-state index contributed by atoms with van der Waals surface area (Å²) in [5.41, 5.74) is 0.878. The third kappa shape index (κ3) is 4.72. The lowest BCUT2D eigenvalue weighted by Gasteiger charge is -2.30. The van der Waals surface area contributed by atoms with Crippen LogP contribution in [0.1, 0.15) is 33.3 Å². The highest BCUT2D eigenvalue weighted by atomic mass is 19.1. The van der Waals surface area contributed by atoms with Gasteiger partial charge < -0.3 is 15.0 Å². The Morgan fingerprint density at radius 1 is 1.40 bits per heavy atom. The molecule has 1 heterocycles. The largest absolute Gasteiger partial charge is 0.383 e. The number of likely N-dealkylation sites (N-methyl/N-ethyl adjacent to an activating group) is 1. The van der Waals surface area contributed by atoms with Crippen LogP contribution in [0.3, 0.4) is 0 Å². The maximum absolute atomic E-state index is 13.5. The molecule has 1 rings (SSSR count). The van der Waals surface area contributed by atoms with Gasteiger partial charge in [-0.25, -0.2) is 9.37 Å². The molecular weight excluding hydrogens is 257 g/mol. The maximum atomic E-state index is 13.5. The Labute approximate surface area is 121 Å². The first kappa shape index (κ1) is 16.9. The quantitative estimate of drug-likeness (QED) is 0.795. The zero-order valence-electron chi connectivity index (χ0n) is 13.1. The summed E-state index contributed by atoms with van der Waals surface area (Å²) in [6.07, 6.45) is 1.27. The number of halogens is 1. The molecule has 20 heavy (non-hydrogen) atoms. The first-order valence-corrected chi connectivity index (χ1v) is 7.12. The third-order valence-electron chi connectivity index (χ3n) is 3.16. The number of aromatic nitrogens is 1. The van der Waals surface area contributed by atoms with Crippen molar-refractivity contribution in [3.8, 4) is 0 Å². The summed E-state index contributed by atoms with van der Waals surface area (Å²) in [5, 5.41) is 3.31. The van der Waals surface area contributed by atoms with Crippen LogP contribution in [0.5, 0.6) is 0 Å². The van der Waals surface area contributed by atoms with Crippen molar-refractivity contribution in [1.82, 2.24) is 10.3 Å². The van der Waals surface area contributed by atoms with Crippen molar-refractivity contribution < 1.29 is 9.13 Å². The van der Waals surface area contributed by atoms with Crippen molar-refractivity contribution in [3.05, 3.63) is 23.6 Å². The van der Waals surface area contributed by atoms with Gasteiger partial charge >= 0.3 is 0 Å². The van der Waals surface area contributed by atoms with Crippen LogP contribution in [0.4, 0.5) is 10.2 Å². The van der Waals surface area contributed by atoms with Crippen molar-refractivity contribution in [2.24, 2.45) is 0 Å². The topological polar surface area (TPSA) is 37.4 Å². The molecule has 114 valence electrons. The zero-order valence-corrected chi connectivity index (χ0v) is 13.1. The molecule has 0 saturated carbocycles. The Bertz CT molecular complexity index is 412. The second-order valence-electron chi connectivity index (χ2n) is 5.26. The number of hydrogen-bond donors (Lipinski definition) is 1. The fourth-order valence-corrected chi connectivity index (χ4v) is 2.18. The monoisotopic (exact) mass is 283 g/mol. The molecule has 1 N–H and O–H groups in total. The molecule has 0 radical (unpaired) electrons. The molecule has 0 aliphatic carbocycles. The number of nitrogens with one attached hydrogen (secondary N) is 1. The predicted octanol–water partition coefficient (Wildman–Crippen LogP) is 2.58. The van der Waals surface area contributed by atoms with Gasteiger partial charge in [-0.2, -0.15) is 0 Å². The molecule has 0 spiro atoms. The summed E-state index contributed by atoms with van der Waals surface area (Å²) < 4.78 is 18.7. The maximum Gasteiger partial charge on any atom is 0.141 e. The van der Waals surface area contributed by atoms with Gasteiger partial charge in [0.05, 0.1) is 18.8 Å².